The highest BCUT2D eigenvalue weighted by Crippen LogP contribution is 2.32. The molecule has 0 atom stereocenters. The van der Waals surface area contributed by atoms with Crippen LogP contribution in [0.3, 0.4) is 0 Å². The Morgan fingerprint density at radius 2 is 1.88 bits per heavy atom. The molecule has 0 saturated heterocycles. The number of nitriles is 1. The minimum Gasteiger partial charge on any atom is -0.493 e. The fourth-order valence-corrected chi connectivity index (χ4v) is 4.67. The van der Waals surface area contributed by atoms with Gasteiger partial charge in [-0.25, -0.2) is 4.98 Å². The van der Waals surface area contributed by atoms with Crippen molar-refractivity contribution in [1.82, 2.24) is 9.66 Å². The van der Waals surface area contributed by atoms with E-state index in [4.69, 9.17) is 30.5 Å². The van der Waals surface area contributed by atoms with Gasteiger partial charge in [0, 0.05) is 21.5 Å². The van der Waals surface area contributed by atoms with Crippen molar-refractivity contribution in [3.05, 3.63) is 123 Å². The second-order valence-electron chi connectivity index (χ2n) is 9.04. The van der Waals surface area contributed by atoms with Gasteiger partial charge >= 0.3 is 0 Å². The summed E-state index contributed by atoms with van der Waals surface area (Å²) in [5.41, 5.74) is 2.55. The van der Waals surface area contributed by atoms with E-state index in [1.54, 1.807) is 72.8 Å². The van der Waals surface area contributed by atoms with Crippen molar-refractivity contribution in [3.63, 3.8) is 0 Å². The molecule has 0 aliphatic heterocycles. The lowest BCUT2D eigenvalue weighted by Crippen LogP contribution is -2.20. The number of benzene rings is 4. The van der Waals surface area contributed by atoms with Gasteiger partial charge in [-0.1, -0.05) is 48.0 Å². The first-order chi connectivity index (χ1) is 20.1. The lowest BCUT2D eigenvalue weighted by atomic mass is 10.1. The second-order valence-corrected chi connectivity index (χ2v) is 9.48. The van der Waals surface area contributed by atoms with Crippen LogP contribution in [0, 0.1) is 11.3 Å². The van der Waals surface area contributed by atoms with Crippen molar-refractivity contribution in [3.8, 4) is 29.2 Å². The van der Waals surface area contributed by atoms with Crippen LogP contribution in [0.5, 0.6) is 11.5 Å². The van der Waals surface area contributed by atoms with Gasteiger partial charge in [0.15, 0.2) is 17.3 Å². The Labute approximate surface area is 239 Å². The standard InChI is InChI=1S/C32H21ClN4O4/c1-39-28-12-6-9-21(30(28)40-19-22-8-3-2-7-20(22)17-34)18-35-37-31(36-26-11-5-4-10-25(26)32(37)38)29-16-23-15-24(33)13-14-27(23)41-29/h2-16,18H,19H2,1H3. The lowest BCUT2D eigenvalue weighted by Gasteiger charge is -2.14. The van der Waals surface area contributed by atoms with Crippen LogP contribution >= 0.6 is 11.6 Å². The van der Waals surface area contributed by atoms with Gasteiger partial charge in [-0.3, -0.25) is 4.79 Å². The molecule has 6 aromatic rings. The summed E-state index contributed by atoms with van der Waals surface area (Å²) in [6, 6.07) is 28.8. The van der Waals surface area contributed by atoms with E-state index in [9.17, 15) is 10.1 Å². The van der Waals surface area contributed by atoms with Crippen LogP contribution in [0.2, 0.25) is 5.02 Å². The molecule has 41 heavy (non-hydrogen) atoms. The number of fused-ring (bicyclic) bond motifs is 2. The van der Waals surface area contributed by atoms with E-state index in [-0.39, 0.29) is 18.0 Å². The minimum absolute atomic E-state index is 0.134. The summed E-state index contributed by atoms with van der Waals surface area (Å²) in [5, 5.41) is 15.8. The molecule has 0 saturated carbocycles. The Morgan fingerprint density at radius 1 is 1.05 bits per heavy atom. The van der Waals surface area contributed by atoms with E-state index in [1.165, 1.54) is 18.0 Å². The molecule has 2 aromatic heterocycles. The SMILES string of the molecule is COc1cccc(C=Nn2c(-c3cc4cc(Cl)ccc4o3)nc3ccccc3c2=O)c1OCc1ccccc1C#N. The molecule has 6 rings (SSSR count). The Balaban J connectivity index is 1.46. The molecule has 0 radical (unpaired) electrons. The fraction of sp³-hybridized carbons (Fsp3) is 0.0625. The van der Waals surface area contributed by atoms with Crippen LogP contribution in [0.1, 0.15) is 16.7 Å². The van der Waals surface area contributed by atoms with E-state index >= 15 is 0 Å². The van der Waals surface area contributed by atoms with Crippen molar-refractivity contribution < 1.29 is 13.9 Å². The maximum Gasteiger partial charge on any atom is 0.282 e. The molecule has 0 spiro atoms. The summed E-state index contributed by atoms with van der Waals surface area (Å²) in [4.78, 5) is 18.4. The molecule has 0 unspecified atom stereocenters. The first-order valence-electron chi connectivity index (χ1n) is 12.6. The number of nitrogens with zero attached hydrogens (tertiary/aromatic N) is 4. The average Bonchev–Trinajstić information content (AvgIpc) is 3.42. The maximum atomic E-state index is 13.7. The number of halogens is 1. The summed E-state index contributed by atoms with van der Waals surface area (Å²) >= 11 is 6.17. The second kappa shape index (κ2) is 11.0. The average molecular weight is 561 g/mol. The topological polar surface area (TPSA) is 103 Å². The third-order valence-electron chi connectivity index (χ3n) is 6.50. The van der Waals surface area contributed by atoms with Gasteiger partial charge in [0.05, 0.1) is 35.9 Å². The monoisotopic (exact) mass is 560 g/mol. The Hall–Kier alpha value is -5.39. The van der Waals surface area contributed by atoms with Gasteiger partial charge in [-0.05, 0) is 54.6 Å². The Bertz CT molecular complexity index is 2060. The first kappa shape index (κ1) is 25.9. The zero-order valence-corrected chi connectivity index (χ0v) is 22.5. The highest BCUT2D eigenvalue weighted by atomic mass is 35.5. The van der Waals surface area contributed by atoms with Gasteiger partial charge in [0.2, 0.25) is 5.82 Å². The van der Waals surface area contributed by atoms with Crippen LogP contribution < -0.4 is 15.0 Å². The molecule has 2 heterocycles. The Kier molecular flexibility index (Phi) is 6.94. The third kappa shape index (κ3) is 5.02. The summed E-state index contributed by atoms with van der Waals surface area (Å²) in [5.74, 6) is 1.47. The van der Waals surface area contributed by atoms with Crippen LogP contribution in [-0.4, -0.2) is 23.0 Å². The van der Waals surface area contributed by atoms with Crippen LogP contribution in [0.25, 0.3) is 33.5 Å². The minimum atomic E-state index is -0.367. The first-order valence-corrected chi connectivity index (χ1v) is 13.0. The highest BCUT2D eigenvalue weighted by Gasteiger charge is 2.17. The smallest absolute Gasteiger partial charge is 0.282 e. The van der Waals surface area contributed by atoms with E-state index in [0.29, 0.717) is 49.9 Å². The number of rotatable bonds is 7. The number of hydrogen-bond acceptors (Lipinski definition) is 7. The summed E-state index contributed by atoms with van der Waals surface area (Å²) < 4.78 is 18.9. The molecule has 0 aliphatic carbocycles. The van der Waals surface area contributed by atoms with Crippen molar-refractivity contribution in [2.75, 3.05) is 7.11 Å². The lowest BCUT2D eigenvalue weighted by molar-refractivity contribution is 0.284. The molecule has 0 bridgehead atoms. The molecular weight excluding hydrogens is 540 g/mol. The van der Waals surface area contributed by atoms with E-state index in [2.05, 4.69) is 11.2 Å². The van der Waals surface area contributed by atoms with Crippen molar-refractivity contribution in [1.29, 1.82) is 5.26 Å². The Morgan fingerprint density at radius 3 is 2.73 bits per heavy atom. The van der Waals surface area contributed by atoms with Gasteiger partial charge in [0.1, 0.15) is 12.2 Å². The molecule has 8 nitrogen and oxygen atoms in total. The van der Waals surface area contributed by atoms with Crippen molar-refractivity contribution >= 4 is 39.7 Å². The van der Waals surface area contributed by atoms with Crippen molar-refractivity contribution in [2.24, 2.45) is 5.10 Å². The van der Waals surface area contributed by atoms with E-state index in [1.807, 2.05) is 18.2 Å². The van der Waals surface area contributed by atoms with E-state index in [0.717, 1.165) is 10.9 Å². The third-order valence-corrected chi connectivity index (χ3v) is 6.74. The quantitative estimate of drug-likeness (QED) is 0.199. The fourth-order valence-electron chi connectivity index (χ4n) is 4.49. The van der Waals surface area contributed by atoms with Crippen molar-refractivity contribution in [2.45, 2.75) is 6.61 Å². The van der Waals surface area contributed by atoms with Crippen LogP contribution in [0.4, 0.5) is 0 Å². The van der Waals surface area contributed by atoms with Crippen LogP contribution in [0.15, 0.2) is 105 Å². The summed E-state index contributed by atoms with van der Waals surface area (Å²) in [6.07, 6.45) is 1.51. The molecule has 0 N–H and O–H groups in total. The van der Waals surface area contributed by atoms with E-state index < -0.39 is 0 Å². The predicted octanol–water partition coefficient (Wildman–Crippen LogP) is 6.80. The highest BCUT2D eigenvalue weighted by molar-refractivity contribution is 6.31. The molecule has 9 heteroatoms. The summed E-state index contributed by atoms with van der Waals surface area (Å²) in [6.45, 7) is 0.134. The molecule has 0 fully saturated rings. The zero-order valence-electron chi connectivity index (χ0n) is 21.7. The van der Waals surface area contributed by atoms with Crippen LogP contribution in [-0.2, 0) is 6.61 Å². The van der Waals surface area contributed by atoms with Gasteiger partial charge in [-0.15, -0.1) is 0 Å². The normalized spacial score (nSPS) is 11.2. The number of hydrogen-bond donors (Lipinski definition) is 0. The molecule has 0 aliphatic rings. The van der Waals surface area contributed by atoms with Gasteiger partial charge < -0.3 is 13.9 Å². The number of ether oxygens (including phenoxy) is 2. The van der Waals surface area contributed by atoms with Gasteiger partial charge in [0.25, 0.3) is 5.56 Å². The maximum absolute atomic E-state index is 13.7. The number of aromatic nitrogens is 2. The molecule has 0 amide bonds. The number of para-hydroxylation sites is 2. The zero-order chi connectivity index (χ0) is 28.3. The van der Waals surface area contributed by atoms with Gasteiger partial charge in [-0.2, -0.15) is 15.0 Å². The number of methoxy groups -OCH3 is 1. The molecular formula is C32H21ClN4O4. The molecule has 200 valence electrons. The predicted molar refractivity (Wildman–Crippen MR) is 158 cm³/mol. The molecule has 4 aromatic carbocycles. The largest absolute Gasteiger partial charge is 0.493 e. The number of furan rings is 1. The summed E-state index contributed by atoms with van der Waals surface area (Å²) in [7, 11) is 1.54.